The Morgan fingerprint density at radius 1 is 1.31 bits per heavy atom. The third-order valence-corrected chi connectivity index (χ3v) is 4.64. The van der Waals surface area contributed by atoms with Gasteiger partial charge < -0.3 is 19.5 Å². The molecule has 0 saturated carbocycles. The number of hydrogen-bond donors (Lipinski definition) is 1. The maximum atomic E-state index is 14.0. The molecule has 156 valence electrons. The van der Waals surface area contributed by atoms with Crippen LogP contribution in [0.4, 0.5) is 9.18 Å². The summed E-state index contributed by atoms with van der Waals surface area (Å²) < 4.78 is 24.4. The Hall–Kier alpha value is -2.90. The number of amides is 2. The lowest BCUT2D eigenvalue weighted by molar-refractivity contribution is 0.0459. The molecular formula is C21H26FN3O4. The molecular weight excluding hydrogens is 377 g/mol. The second-order valence-electron chi connectivity index (χ2n) is 8.09. The lowest BCUT2D eigenvalue weighted by Gasteiger charge is -2.35. The highest BCUT2D eigenvalue weighted by atomic mass is 19.1. The molecule has 8 heteroatoms. The van der Waals surface area contributed by atoms with Crippen LogP contribution in [0.1, 0.15) is 50.5 Å². The summed E-state index contributed by atoms with van der Waals surface area (Å²) in [4.78, 5) is 26.6. The maximum Gasteiger partial charge on any atom is 0.407 e. The molecule has 2 amide bonds. The first kappa shape index (κ1) is 20.8. The fraction of sp³-hybridized carbons (Fsp3) is 0.476. The lowest BCUT2D eigenvalue weighted by atomic mass is 10.0. The summed E-state index contributed by atoms with van der Waals surface area (Å²) in [6, 6.07) is 7.44. The molecule has 1 aliphatic heterocycles. The molecule has 1 atom stereocenters. The molecule has 1 N–H and O–H groups in total. The molecule has 2 heterocycles. The molecule has 1 aromatic carbocycles. The number of nitrogens with zero attached hydrogens (tertiary/aromatic N) is 2. The molecule has 1 aromatic heterocycles. The Kier molecular flexibility index (Phi) is 6.20. The second-order valence-corrected chi connectivity index (χ2v) is 8.09. The molecule has 1 aliphatic rings. The SMILES string of the molecule is CC(C)(C)OC(=O)NC[C@H]1CCCCN1C(=O)c1cc(-c2ccccc2F)on1. The van der Waals surface area contributed by atoms with Crippen LogP contribution < -0.4 is 5.32 Å². The number of halogens is 1. The van der Waals surface area contributed by atoms with Crippen molar-refractivity contribution in [2.75, 3.05) is 13.1 Å². The lowest BCUT2D eigenvalue weighted by Crippen LogP contribution is -2.50. The smallest absolute Gasteiger partial charge is 0.407 e. The quantitative estimate of drug-likeness (QED) is 0.834. The summed E-state index contributed by atoms with van der Waals surface area (Å²) in [6.45, 7) is 6.22. The van der Waals surface area contributed by atoms with Gasteiger partial charge >= 0.3 is 6.09 Å². The minimum atomic E-state index is -0.587. The molecule has 3 rings (SSSR count). The van der Waals surface area contributed by atoms with Crippen molar-refractivity contribution in [2.45, 2.75) is 51.7 Å². The first-order chi connectivity index (χ1) is 13.7. The van der Waals surface area contributed by atoms with Crippen molar-refractivity contribution < 1.29 is 23.2 Å². The monoisotopic (exact) mass is 403 g/mol. The van der Waals surface area contributed by atoms with Crippen molar-refractivity contribution in [1.82, 2.24) is 15.4 Å². The molecule has 1 saturated heterocycles. The molecule has 0 aliphatic carbocycles. The van der Waals surface area contributed by atoms with Crippen molar-refractivity contribution in [3.05, 3.63) is 41.8 Å². The number of rotatable bonds is 4. The molecule has 7 nitrogen and oxygen atoms in total. The molecule has 29 heavy (non-hydrogen) atoms. The van der Waals surface area contributed by atoms with Gasteiger partial charge in [-0.25, -0.2) is 9.18 Å². The standard InChI is InChI=1S/C21H26FN3O4/c1-21(2,3)28-20(27)23-13-14-8-6-7-11-25(14)19(26)17-12-18(29-24-17)15-9-4-5-10-16(15)22/h4-5,9-10,12,14H,6-8,11,13H2,1-3H3,(H,23,27)/t14-/m1/s1. The highest BCUT2D eigenvalue weighted by Crippen LogP contribution is 2.25. The molecule has 1 fully saturated rings. The predicted octanol–water partition coefficient (Wildman–Crippen LogP) is 4.00. The van der Waals surface area contributed by atoms with E-state index in [0.717, 1.165) is 19.3 Å². The van der Waals surface area contributed by atoms with Crippen molar-refractivity contribution in [3.63, 3.8) is 0 Å². The Bertz CT molecular complexity index is 875. The van der Waals surface area contributed by atoms with E-state index in [1.807, 2.05) is 0 Å². The van der Waals surface area contributed by atoms with Crippen LogP contribution in [0.2, 0.25) is 0 Å². The number of carbonyl (C=O) groups is 2. The van der Waals surface area contributed by atoms with Crippen molar-refractivity contribution in [2.24, 2.45) is 0 Å². The first-order valence-electron chi connectivity index (χ1n) is 9.74. The number of aromatic nitrogens is 1. The van der Waals surface area contributed by atoms with Crippen molar-refractivity contribution >= 4 is 12.0 Å². The van der Waals surface area contributed by atoms with Crippen LogP contribution in [0.3, 0.4) is 0 Å². The van der Waals surface area contributed by atoms with E-state index in [1.165, 1.54) is 12.1 Å². The predicted molar refractivity (Wildman–Crippen MR) is 105 cm³/mol. The van der Waals surface area contributed by atoms with Gasteiger partial charge in [0.2, 0.25) is 0 Å². The van der Waals surface area contributed by atoms with Crippen molar-refractivity contribution in [1.29, 1.82) is 0 Å². The summed E-state index contributed by atoms with van der Waals surface area (Å²) in [5.74, 6) is -0.543. The van der Waals surface area contributed by atoms with Gasteiger partial charge in [-0.3, -0.25) is 4.79 Å². The zero-order chi connectivity index (χ0) is 21.0. The minimum absolute atomic E-state index is 0.118. The van der Waals surface area contributed by atoms with Crippen LogP contribution in [-0.2, 0) is 4.74 Å². The number of ether oxygens (including phenoxy) is 1. The third-order valence-electron chi connectivity index (χ3n) is 4.64. The average Bonchev–Trinajstić information content (AvgIpc) is 3.15. The van der Waals surface area contributed by atoms with E-state index in [2.05, 4.69) is 10.5 Å². The number of benzene rings is 1. The molecule has 0 unspecified atom stereocenters. The zero-order valence-electron chi connectivity index (χ0n) is 16.9. The van der Waals surface area contributed by atoms with Gasteiger partial charge in [0, 0.05) is 25.2 Å². The van der Waals surface area contributed by atoms with E-state index in [1.54, 1.807) is 43.9 Å². The van der Waals surface area contributed by atoms with Crippen molar-refractivity contribution in [3.8, 4) is 11.3 Å². The molecule has 0 radical (unpaired) electrons. The highest BCUT2D eigenvalue weighted by molar-refractivity contribution is 5.93. The van der Waals surface area contributed by atoms with E-state index in [9.17, 15) is 14.0 Å². The summed E-state index contributed by atoms with van der Waals surface area (Å²) in [6.07, 6.45) is 2.08. The van der Waals surface area contributed by atoms with Gasteiger partial charge in [-0.15, -0.1) is 0 Å². The van der Waals surface area contributed by atoms with E-state index < -0.39 is 17.5 Å². The fourth-order valence-electron chi connectivity index (χ4n) is 3.31. The largest absolute Gasteiger partial charge is 0.444 e. The van der Waals surface area contributed by atoms with Crippen LogP contribution in [-0.4, -0.2) is 46.8 Å². The summed E-state index contributed by atoms with van der Waals surface area (Å²) >= 11 is 0. The van der Waals surface area contributed by atoms with Crippen LogP contribution in [0.5, 0.6) is 0 Å². The summed E-state index contributed by atoms with van der Waals surface area (Å²) in [5.41, 5.74) is -0.219. The maximum absolute atomic E-state index is 14.0. The molecule has 0 spiro atoms. The summed E-state index contributed by atoms with van der Waals surface area (Å²) in [5, 5.41) is 6.58. The normalized spacial score (nSPS) is 17.1. The minimum Gasteiger partial charge on any atom is -0.444 e. The Morgan fingerprint density at radius 3 is 2.79 bits per heavy atom. The first-order valence-corrected chi connectivity index (χ1v) is 9.74. The van der Waals surface area contributed by atoms with Gasteiger partial charge in [-0.1, -0.05) is 17.3 Å². The second kappa shape index (κ2) is 8.63. The van der Waals surface area contributed by atoms with Crippen LogP contribution in [0.25, 0.3) is 11.3 Å². The van der Waals surface area contributed by atoms with E-state index >= 15 is 0 Å². The Balaban J connectivity index is 1.68. The van der Waals surface area contributed by atoms with Crippen LogP contribution >= 0.6 is 0 Å². The Morgan fingerprint density at radius 2 is 2.07 bits per heavy atom. The van der Waals surface area contributed by atoms with Gasteiger partial charge in [-0.2, -0.15) is 0 Å². The van der Waals surface area contributed by atoms with Gasteiger partial charge in [0.05, 0.1) is 5.56 Å². The van der Waals surface area contributed by atoms with Crippen LogP contribution in [0, 0.1) is 5.82 Å². The molecule has 2 aromatic rings. The van der Waals surface area contributed by atoms with E-state index in [4.69, 9.17) is 9.26 Å². The third kappa shape index (κ3) is 5.34. The fourth-order valence-corrected chi connectivity index (χ4v) is 3.31. The number of nitrogens with one attached hydrogen (secondary N) is 1. The van der Waals surface area contributed by atoms with Crippen LogP contribution in [0.15, 0.2) is 34.9 Å². The van der Waals surface area contributed by atoms with Gasteiger partial charge in [0.15, 0.2) is 11.5 Å². The van der Waals surface area contributed by atoms with Gasteiger partial charge in [-0.05, 0) is 52.2 Å². The topological polar surface area (TPSA) is 84.7 Å². The highest BCUT2D eigenvalue weighted by Gasteiger charge is 2.30. The average molecular weight is 403 g/mol. The molecule has 0 bridgehead atoms. The number of alkyl carbamates (subject to hydrolysis) is 1. The summed E-state index contributed by atoms with van der Waals surface area (Å²) in [7, 11) is 0. The zero-order valence-corrected chi connectivity index (χ0v) is 16.9. The van der Waals surface area contributed by atoms with Gasteiger partial charge in [0.25, 0.3) is 5.91 Å². The Labute approximate surface area is 169 Å². The van der Waals surface area contributed by atoms with E-state index in [-0.39, 0.29) is 29.0 Å². The number of likely N-dealkylation sites (tertiary alicyclic amines) is 1. The van der Waals surface area contributed by atoms with Gasteiger partial charge in [0.1, 0.15) is 11.4 Å². The number of piperidine rings is 1. The van der Waals surface area contributed by atoms with E-state index in [0.29, 0.717) is 13.1 Å². The number of carbonyl (C=O) groups excluding carboxylic acids is 2. The number of hydrogen-bond acceptors (Lipinski definition) is 5.